The maximum atomic E-state index is 2.99. The van der Waals surface area contributed by atoms with Gasteiger partial charge in [0.1, 0.15) is 0 Å². The van der Waals surface area contributed by atoms with Crippen LogP contribution in [0.4, 0.5) is 0 Å². The molecule has 0 N–H and O–H groups in total. The van der Waals surface area contributed by atoms with Crippen molar-refractivity contribution in [1.29, 1.82) is 0 Å². The Bertz CT molecular complexity index is 744. The molecule has 0 bridgehead atoms. The molecule has 1 aliphatic carbocycles. The first kappa shape index (κ1) is 19.9. The van der Waals surface area contributed by atoms with E-state index >= 15 is 0 Å². The summed E-state index contributed by atoms with van der Waals surface area (Å²) in [5.74, 6) is 0. The number of halogens is 1. The molecule has 0 saturated heterocycles. The van der Waals surface area contributed by atoms with Crippen LogP contribution in [0.1, 0.15) is 20.3 Å². The van der Waals surface area contributed by atoms with E-state index in [0.717, 1.165) is 6.42 Å². The normalized spacial score (nSPS) is 11.3. The molecule has 0 radical (unpaired) electrons. The zero-order valence-corrected chi connectivity index (χ0v) is 16.7. The van der Waals surface area contributed by atoms with Crippen molar-refractivity contribution in [2.24, 2.45) is 0 Å². The Hall–Kier alpha value is -1.17. The van der Waals surface area contributed by atoms with Crippen molar-refractivity contribution in [1.82, 2.24) is 0 Å². The summed E-state index contributed by atoms with van der Waals surface area (Å²) in [5, 5.41) is 5.39. The van der Waals surface area contributed by atoms with E-state index in [1.165, 1.54) is 24.8 Å². The zero-order valence-electron chi connectivity index (χ0n) is 13.5. The predicted octanol–water partition coefficient (Wildman–Crippen LogP) is 2.77. The van der Waals surface area contributed by atoms with Gasteiger partial charge in [0, 0.05) is 0 Å². The minimum atomic E-state index is 0. The maximum Gasteiger partial charge on any atom is -0.0771 e. The molecular formula is C21H20ClZr-. The van der Waals surface area contributed by atoms with Gasteiger partial charge >= 0.3 is 41.3 Å². The van der Waals surface area contributed by atoms with Crippen LogP contribution in [0, 0.1) is 6.08 Å². The third-order valence-electron chi connectivity index (χ3n) is 3.11. The van der Waals surface area contributed by atoms with E-state index in [-0.39, 0.29) is 12.4 Å². The Balaban J connectivity index is 0.000000223. The number of benzene rings is 2. The van der Waals surface area contributed by atoms with Gasteiger partial charge in [-0.1, -0.05) is 36.4 Å². The largest absolute Gasteiger partial charge is 1.00 e. The standard InChI is InChI=1S/C13H9.C5H5.C3H6.ClH.Zr/c1-3-7-12-10(5-1)9-11-6-2-4-8-13(11)12;1-2-4-5-3-1;1-3-2;;/h1-9H;1-3H,4H2;1-2H3;1H;/q2*-1;;;+2/p-1. The second-order valence-corrected chi connectivity index (χ2v) is 7.78. The van der Waals surface area contributed by atoms with E-state index < -0.39 is 0 Å². The van der Waals surface area contributed by atoms with E-state index in [1.54, 1.807) is 24.2 Å². The fourth-order valence-electron chi connectivity index (χ4n) is 2.24. The molecule has 0 saturated carbocycles. The second kappa shape index (κ2) is 10.6. The average Bonchev–Trinajstić information content (AvgIpc) is 3.18. The third kappa shape index (κ3) is 6.46. The number of fused-ring (bicyclic) bond motifs is 3. The van der Waals surface area contributed by atoms with Crippen LogP contribution >= 0.6 is 0 Å². The summed E-state index contributed by atoms with van der Waals surface area (Å²) < 4.78 is 1.51. The summed E-state index contributed by atoms with van der Waals surface area (Å²) >= 11 is 1.55. The van der Waals surface area contributed by atoms with Crippen LogP contribution in [0.2, 0.25) is 0 Å². The van der Waals surface area contributed by atoms with Crippen molar-refractivity contribution in [3.05, 3.63) is 78.9 Å². The second-order valence-electron chi connectivity index (χ2n) is 5.32. The first-order chi connectivity index (χ1) is 10.7. The molecule has 23 heavy (non-hydrogen) atoms. The van der Waals surface area contributed by atoms with Gasteiger partial charge in [0.05, 0.1) is 0 Å². The van der Waals surface area contributed by atoms with Crippen molar-refractivity contribution in [2.75, 3.05) is 0 Å². The Morgan fingerprint density at radius 2 is 1.43 bits per heavy atom. The van der Waals surface area contributed by atoms with Crippen molar-refractivity contribution in [3.8, 4) is 0 Å². The van der Waals surface area contributed by atoms with Crippen LogP contribution in [-0.2, 0) is 24.2 Å². The van der Waals surface area contributed by atoms with Crippen LogP contribution in [0.5, 0.6) is 0 Å². The van der Waals surface area contributed by atoms with Crippen molar-refractivity contribution < 1.29 is 36.6 Å². The van der Waals surface area contributed by atoms with Crippen molar-refractivity contribution >= 4 is 24.8 Å². The molecular weight excluding hydrogens is 379 g/mol. The molecule has 0 unspecified atom stereocenters. The summed E-state index contributed by atoms with van der Waals surface area (Å²) in [6.07, 6.45) is 10.0. The van der Waals surface area contributed by atoms with Crippen LogP contribution in [0.15, 0.2) is 72.8 Å². The quantitative estimate of drug-likeness (QED) is 0.511. The molecule has 3 aromatic carbocycles. The molecule has 4 rings (SSSR count). The topological polar surface area (TPSA) is 0 Å². The molecule has 1 aliphatic rings. The van der Waals surface area contributed by atoms with Gasteiger partial charge < -0.3 is 12.4 Å². The van der Waals surface area contributed by atoms with Gasteiger partial charge in [-0.05, 0) is 0 Å². The molecule has 2 heteroatoms. The SMILES string of the molecule is C[C](C)=[Zr+2].[C-]1=CC=CC1.[Cl-].c1ccc2c(c1)[cH-]c1ccccc12. The van der Waals surface area contributed by atoms with Gasteiger partial charge in [-0.2, -0.15) is 6.08 Å². The summed E-state index contributed by atoms with van der Waals surface area (Å²) in [6, 6.07) is 19.3. The summed E-state index contributed by atoms with van der Waals surface area (Å²) in [6.45, 7) is 4.25. The van der Waals surface area contributed by atoms with Crippen LogP contribution < -0.4 is 12.4 Å². The number of allylic oxidation sites excluding steroid dienone is 4. The van der Waals surface area contributed by atoms with E-state index in [4.69, 9.17) is 0 Å². The van der Waals surface area contributed by atoms with Crippen LogP contribution in [0.3, 0.4) is 0 Å². The summed E-state index contributed by atoms with van der Waals surface area (Å²) in [7, 11) is 0. The smallest absolute Gasteiger partial charge is 0.0771 e. The van der Waals surface area contributed by atoms with Crippen LogP contribution in [0.25, 0.3) is 21.5 Å². The summed E-state index contributed by atoms with van der Waals surface area (Å²) in [5.41, 5.74) is 0. The maximum absolute atomic E-state index is 2.99. The molecule has 0 fully saturated rings. The monoisotopic (exact) mass is 397 g/mol. The first-order valence-electron chi connectivity index (χ1n) is 7.45. The molecule has 0 aromatic heterocycles. The molecule has 0 nitrogen and oxygen atoms in total. The Labute approximate surface area is 160 Å². The third-order valence-corrected chi connectivity index (χ3v) is 3.11. The Kier molecular flexibility index (Phi) is 9.14. The minimum absolute atomic E-state index is 0. The number of hydrogen-bond donors (Lipinski definition) is 0. The predicted molar refractivity (Wildman–Crippen MR) is 95.0 cm³/mol. The fourth-order valence-corrected chi connectivity index (χ4v) is 2.24. The minimum Gasteiger partial charge on any atom is -1.00 e. The molecule has 0 amide bonds. The van der Waals surface area contributed by atoms with Crippen molar-refractivity contribution in [2.45, 2.75) is 20.3 Å². The number of rotatable bonds is 0. The zero-order chi connectivity index (χ0) is 15.8. The average molecular weight is 399 g/mol. The number of hydrogen-bond acceptors (Lipinski definition) is 0. The van der Waals surface area contributed by atoms with E-state index in [2.05, 4.69) is 80.6 Å². The Morgan fingerprint density at radius 1 is 0.957 bits per heavy atom. The molecule has 0 heterocycles. The van der Waals surface area contributed by atoms with E-state index in [9.17, 15) is 0 Å². The Morgan fingerprint density at radius 3 is 1.78 bits per heavy atom. The van der Waals surface area contributed by atoms with Gasteiger partial charge in [0.25, 0.3) is 0 Å². The molecule has 0 aliphatic heterocycles. The van der Waals surface area contributed by atoms with Gasteiger partial charge in [-0.25, -0.2) is 12.2 Å². The van der Waals surface area contributed by atoms with Crippen molar-refractivity contribution in [3.63, 3.8) is 0 Å². The van der Waals surface area contributed by atoms with E-state index in [1.807, 2.05) is 12.2 Å². The molecule has 0 atom stereocenters. The molecule has 116 valence electrons. The fraction of sp³-hybridized carbons (Fsp3) is 0.143. The van der Waals surface area contributed by atoms with E-state index in [0.29, 0.717) is 0 Å². The summed E-state index contributed by atoms with van der Waals surface area (Å²) in [4.78, 5) is 0. The molecule has 0 spiro atoms. The molecule has 3 aromatic rings. The van der Waals surface area contributed by atoms with Gasteiger partial charge in [-0.15, -0.1) is 46.2 Å². The van der Waals surface area contributed by atoms with Crippen LogP contribution in [-0.4, -0.2) is 3.21 Å². The van der Waals surface area contributed by atoms with Gasteiger partial charge in [0.15, 0.2) is 0 Å². The van der Waals surface area contributed by atoms with Gasteiger partial charge in [0.2, 0.25) is 0 Å². The first-order valence-corrected chi connectivity index (χ1v) is 8.68. The van der Waals surface area contributed by atoms with Gasteiger partial charge in [-0.3, -0.25) is 6.08 Å².